The highest BCUT2D eigenvalue weighted by atomic mass is 16.1. The SMILES string of the molecule is Cc1ccc(=O)n(-c2ccccc2)c1C. The molecule has 0 bridgehead atoms. The zero-order valence-corrected chi connectivity index (χ0v) is 8.90. The second-order valence-corrected chi connectivity index (χ2v) is 3.61. The molecule has 2 heteroatoms. The quantitative estimate of drug-likeness (QED) is 0.691. The lowest BCUT2D eigenvalue weighted by Crippen LogP contribution is -2.20. The molecular formula is C13H13NO. The van der Waals surface area contributed by atoms with Crippen LogP contribution in [0.1, 0.15) is 11.3 Å². The van der Waals surface area contributed by atoms with E-state index in [0.29, 0.717) is 0 Å². The van der Waals surface area contributed by atoms with Gasteiger partial charge in [-0.3, -0.25) is 9.36 Å². The Bertz CT molecular complexity index is 526. The molecule has 2 aromatic rings. The summed E-state index contributed by atoms with van der Waals surface area (Å²) in [6.45, 7) is 3.97. The molecule has 0 unspecified atom stereocenters. The first-order chi connectivity index (χ1) is 7.20. The predicted octanol–water partition coefficient (Wildman–Crippen LogP) is 2.45. The van der Waals surface area contributed by atoms with Crippen LogP contribution in [-0.4, -0.2) is 4.57 Å². The largest absolute Gasteiger partial charge is 0.281 e. The van der Waals surface area contributed by atoms with Crippen molar-refractivity contribution in [1.29, 1.82) is 0 Å². The van der Waals surface area contributed by atoms with E-state index in [4.69, 9.17) is 0 Å². The van der Waals surface area contributed by atoms with Crippen molar-refractivity contribution in [2.24, 2.45) is 0 Å². The molecular weight excluding hydrogens is 186 g/mol. The summed E-state index contributed by atoms with van der Waals surface area (Å²) in [6, 6.07) is 13.2. The Hall–Kier alpha value is -1.83. The van der Waals surface area contributed by atoms with Gasteiger partial charge in [-0.1, -0.05) is 24.3 Å². The fourth-order valence-electron chi connectivity index (χ4n) is 1.63. The van der Waals surface area contributed by atoms with Gasteiger partial charge in [-0.15, -0.1) is 0 Å². The van der Waals surface area contributed by atoms with E-state index in [1.54, 1.807) is 10.6 Å². The second kappa shape index (κ2) is 3.73. The molecule has 2 nitrogen and oxygen atoms in total. The summed E-state index contributed by atoms with van der Waals surface area (Å²) >= 11 is 0. The summed E-state index contributed by atoms with van der Waals surface area (Å²) in [7, 11) is 0. The Morgan fingerprint density at radius 2 is 1.60 bits per heavy atom. The molecule has 1 aromatic heterocycles. The van der Waals surface area contributed by atoms with Crippen molar-refractivity contribution in [3.63, 3.8) is 0 Å². The van der Waals surface area contributed by atoms with Crippen LogP contribution in [-0.2, 0) is 0 Å². The fourth-order valence-corrected chi connectivity index (χ4v) is 1.63. The normalized spacial score (nSPS) is 10.3. The van der Waals surface area contributed by atoms with E-state index in [1.807, 2.05) is 50.2 Å². The van der Waals surface area contributed by atoms with Gasteiger partial charge in [-0.25, -0.2) is 0 Å². The van der Waals surface area contributed by atoms with E-state index < -0.39 is 0 Å². The molecule has 0 atom stereocenters. The molecule has 76 valence electrons. The Morgan fingerprint density at radius 1 is 0.933 bits per heavy atom. The molecule has 0 spiro atoms. The van der Waals surface area contributed by atoms with E-state index >= 15 is 0 Å². The molecule has 15 heavy (non-hydrogen) atoms. The van der Waals surface area contributed by atoms with Crippen LogP contribution in [0.2, 0.25) is 0 Å². The zero-order chi connectivity index (χ0) is 10.8. The van der Waals surface area contributed by atoms with E-state index in [1.165, 1.54) is 0 Å². The van der Waals surface area contributed by atoms with E-state index in [-0.39, 0.29) is 5.56 Å². The molecule has 0 aliphatic heterocycles. The van der Waals surface area contributed by atoms with Gasteiger partial charge in [0.25, 0.3) is 5.56 Å². The van der Waals surface area contributed by atoms with Crippen molar-refractivity contribution in [3.8, 4) is 5.69 Å². The van der Waals surface area contributed by atoms with Gasteiger partial charge < -0.3 is 0 Å². The van der Waals surface area contributed by atoms with Crippen molar-refractivity contribution in [1.82, 2.24) is 4.57 Å². The van der Waals surface area contributed by atoms with Crippen LogP contribution in [0, 0.1) is 13.8 Å². The maximum Gasteiger partial charge on any atom is 0.255 e. The first-order valence-electron chi connectivity index (χ1n) is 4.95. The summed E-state index contributed by atoms with van der Waals surface area (Å²) < 4.78 is 1.73. The summed E-state index contributed by atoms with van der Waals surface area (Å²) in [5, 5.41) is 0. The minimum Gasteiger partial charge on any atom is -0.281 e. The van der Waals surface area contributed by atoms with Gasteiger partial charge in [0.1, 0.15) is 0 Å². The van der Waals surface area contributed by atoms with Crippen LogP contribution >= 0.6 is 0 Å². The molecule has 2 rings (SSSR count). The van der Waals surface area contributed by atoms with E-state index in [9.17, 15) is 4.79 Å². The maximum absolute atomic E-state index is 11.8. The molecule has 0 saturated carbocycles. The monoisotopic (exact) mass is 199 g/mol. The molecule has 0 aliphatic carbocycles. The highest BCUT2D eigenvalue weighted by Crippen LogP contribution is 2.10. The molecule has 0 amide bonds. The second-order valence-electron chi connectivity index (χ2n) is 3.61. The first kappa shape index (κ1) is 9.71. The molecule has 0 N–H and O–H groups in total. The van der Waals surface area contributed by atoms with Crippen LogP contribution in [0.15, 0.2) is 47.3 Å². The summed E-state index contributed by atoms with van der Waals surface area (Å²) in [4.78, 5) is 11.8. The van der Waals surface area contributed by atoms with Crippen molar-refractivity contribution < 1.29 is 0 Å². The first-order valence-corrected chi connectivity index (χ1v) is 4.95. The van der Waals surface area contributed by atoms with Crippen LogP contribution in [0.25, 0.3) is 5.69 Å². The molecule has 0 aliphatic rings. The Labute approximate surface area is 88.8 Å². The van der Waals surface area contributed by atoms with Crippen molar-refractivity contribution in [2.75, 3.05) is 0 Å². The number of aryl methyl sites for hydroxylation is 1. The summed E-state index contributed by atoms with van der Waals surface area (Å²) in [5.74, 6) is 0. The van der Waals surface area contributed by atoms with Crippen molar-refractivity contribution in [2.45, 2.75) is 13.8 Å². The van der Waals surface area contributed by atoms with E-state index in [2.05, 4.69) is 0 Å². The lowest BCUT2D eigenvalue weighted by molar-refractivity contribution is 0.918. The number of nitrogens with zero attached hydrogens (tertiary/aromatic N) is 1. The average Bonchev–Trinajstić information content (AvgIpc) is 2.26. The standard InChI is InChI=1S/C13H13NO/c1-10-8-9-13(15)14(11(10)2)12-6-4-3-5-7-12/h3-9H,1-2H3. The number of hydrogen-bond acceptors (Lipinski definition) is 1. The van der Waals surface area contributed by atoms with Crippen LogP contribution in [0.4, 0.5) is 0 Å². The minimum absolute atomic E-state index is 0.0179. The number of aromatic nitrogens is 1. The lowest BCUT2D eigenvalue weighted by Gasteiger charge is -2.11. The van der Waals surface area contributed by atoms with Gasteiger partial charge in [0.15, 0.2) is 0 Å². The predicted molar refractivity (Wildman–Crippen MR) is 61.5 cm³/mol. The van der Waals surface area contributed by atoms with Gasteiger partial charge in [0, 0.05) is 17.4 Å². The number of para-hydroxylation sites is 1. The van der Waals surface area contributed by atoms with Gasteiger partial charge in [0.2, 0.25) is 0 Å². The smallest absolute Gasteiger partial charge is 0.255 e. The maximum atomic E-state index is 11.8. The average molecular weight is 199 g/mol. The number of pyridine rings is 1. The van der Waals surface area contributed by atoms with Gasteiger partial charge in [0.05, 0.1) is 0 Å². The molecule has 1 aromatic carbocycles. The molecule has 0 fully saturated rings. The van der Waals surface area contributed by atoms with Gasteiger partial charge in [-0.2, -0.15) is 0 Å². The Morgan fingerprint density at radius 3 is 2.27 bits per heavy atom. The van der Waals surface area contributed by atoms with Crippen LogP contribution in [0.5, 0.6) is 0 Å². The zero-order valence-electron chi connectivity index (χ0n) is 8.90. The highest BCUT2D eigenvalue weighted by Gasteiger charge is 2.03. The summed E-state index contributed by atoms with van der Waals surface area (Å²) in [6.07, 6.45) is 0. The van der Waals surface area contributed by atoms with Gasteiger partial charge >= 0.3 is 0 Å². The van der Waals surface area contributed by atoms with E-state index in [0.717, 1.165) is 16.9 Å². The number of rotatable bonds is 1. The summed E-state index contributed by atoms with van der Waals surface area (Å²) in [5.41, 5.74) is 3.06. The van der Waals surface area contributed by atoms with Crippen molar-refractivity contribution >= 4 is 0 Å². The number of benzene rings is 1. The van der Waals surface area contributed by atoms with Crippen LogP contribution in [0.3, 0.4) is 0 Å². The topological polar surface area (TPSA) is 22.0 Å². The van der Waals surface area contributed by atoms with Crippen molar-refractivity contribution in [3.05, 3.63) is 64.1 Å². The molecule has 0 radical (unpaired) electrons. The fraction of sp³-hybridized carbons (Fsp3) is 0.154. The van der Waals surface area contributed by atoms with Gasteiger partial charge in [-0.05, 0) is 31.5 Å². The molecule has 1 heterocycles. The minimum atomic E-state index is 0.0179. The highest BCUT2D eigenvalue weighted by molar-refractivity contribution is 5.35. The third kappa shape index (κ3) is 1.71. The molecule has 0 saturated heterocycles. The Kier molecular flexibility index (Phi) is 2.42. The number of hydrogen-bond donors (Lipinski definition) is 0. The third-order valence-electron chi connectivity index (χ3n) is 2.62. The third-order valence-corrected chi connectivity index (χ3v) is 2.62. The Balaban J connectivity index is 2.73. The lowest BCUT2D eigenvalue weighted by atomic mass is 10.2. The van der Waals surface area contributed by atoms with Crippen LogP contribution < -0.4 is 5.56 Å².